The molecule has 0 bridgehead atoms. The number of aliphatic hydroxyl groups is 1. The third-order valence-electron chi connectivity index (χ3n) is 21.4. The third-order valence-corrected chi connectivity index (χ3v) is 23.3. The Morgan fingerprint density at radius 2 is 0.532 bits per heavy atom. The molecule has 0 aromatic carbocycles. The van der Waals surface area contributed by atoms with Gasteiger partial charge in [-0.15, -0.1) is 0 Å². The monoisotopic (exact) mass is 1620 g/mol. The molecule has 0 aromatic heterocycles. The molecule has 17 nitrogen and oxygen atoms in total. The minimum atomic E-state index is -4.97. The van der Waals surface area contributed by atoms with Crippen molar-refractivity contribution in [1.82, 2.24) is 0 Å². The summed E-state index contributed by atoms with van der Waals surface area (Å²) in [4.78, 5) is 73.4. The summed E-state index contributed by atoms with van der Waals surface area (Å²) in [6.07, 6.45) is 79.9. The molecular formula is C92H176O17P2. The molecule has 0 aliphatic rings. The highest BCUT2D eigenvalue weighted by atomic mass is 31.2. The summed E-state index contributed by atoms with van der Waals surface area (Å²) in [6.45, 7) is 9.75. The lowest BCUT2D eigenvalue weighted by Crippen LogP contribution is -2.30. The van der Waals surface area contributed by atoms with E-state index in [0.29, 0.717) is 25.7 Å². The van der Waals surface area contributed by atoms with Crippen LogP contribution in [0, 0.1) is 11.8 Å². The highest BCUT2D eigenvalue weighted by molar-refractivity contribution is 7.47. The molecule has 0 spiro atoms. The number of hydrogen-bond acceptors (Lipinski definition) is 15. The van der Waals surface area contributed by atoms with Crippen LogP contribution in [0.3, 0.4) is 0 Å². The molecule has 19 heteroatoms. The molecule has 0 aliphatic carbocycles. The minimum absolute atomic E-state index is 0.0858. The Hall–Kier alpha value is -2.46. The average Bonchev–Trinajstić information content (AvgIpc) is 0.894. The number of ether oxygens (including phenoxy) is 4. The van der Waals surface area contributed by atoms with E-state index in [9.17, 15) is 43.2 Å². The SMILES string of the molecule is CCCCCC/C=C\C=C/CCCCCCCC(=O)O[C@H](COC(=O)CCCCCCCCCCCCCCC)COP(=O)(O)OC[C@H](O)COP(=O)(O)OC[C@@H](COC(=O)CCCCCCCCCCCCCCCCCCCCC(C)C)OC(=O)CCCCCCCCCCCCCCCCCCCCC(C)CC. The number of phosphoric ester groups is 2. The zero-order chi connectivity index (χ0) is 81.3. The number of phosphoric acid groups is 2. The van der Waals surface area contributed by atoms with Crippen molar-refractivity contribution in [3.8, 4) is 0 Å². The molecule has 111 heavy (non-hydrogen) atoms. The molecule has 0 saturated heterocycles. The molecule has 3 N–H and O–H groups in total. The summed E-state index contributed by atoms with van der Waals surface area (Å²) in [7, 11) is -9.95. The van der Waals surface area contributed by atoms with Crippen molar-refractivity contribution < 1.29 is 80.2 Å². The van der Waals surface area contributed by atoms with E-state index in [1.165, 1.54) is 276 Å². The van der Waals surface area contributed by atoms with Gasteiger partial charge in [-0.1, -0.05) is 419 Å². The largest absolute Gasteiger partial charge is 0.472 e. The van der Waals surface area contributed by atoms with Crippen LogP contribution in [0.25, 0.3) is 0 Å². The van der Waals surface area contributed by atoms with Crippen LogP contribution in [0.15, 0.2) is 24.3 Å². The zero-order valence-electron chi connectivity index (χ0n) is 72.8. The van der Waals surface area contributed by atoms with Crippen molar-refractivity contribution in [3.05, 3.63) is 24.3 Å². The van der Waals surface area contributed by atoms with Gasteiger partial charge in [0.15, 0.2) is 12.2 Å². The van der Waals surface area contributed by atoms with Crippen molar-refractivity contribution in [2.45, 2.75) is 490 Å². The second-order valence-electron chi connectivity index (χ2n) is 33.1. The van der Waals surface area contributed by atoms with E-state index in [0.717, 1.165) is 115 Å². The fourth-order valence-electron chi connectivity index (χ4n) is 13.9. The number of carbonyl (C=O) groups is 4. The first-order valence-electron chi connectivity index (χ1n) is 46.8. The Balaban J connectivity index is 5.27. The maximum atomic E-state index is 13.2. The maximum Gasteiger partial charge on any atom is 0.472 e. The lowest BCUT2D eigenvalue weighted by molar-refractivity contribution is -0.161. The van der Waals surface area contributed by atoms with Gasteiger partial charge in [0.2, 0.25) is 0 Å². The van der Waals surface area contributed by atoms with Crippen molar-refractivity contribution in [2.24, 2.45) is 11.8 Å². The lowest BCUT2D eigenvalue weighted by Gasteiger charge is -2.21. The van der Waals surface area contributed by atoms with Gasteiger partial charge in [0, 0.05) is 25.7 Å². The van der Waals surface area contributed by atoms with Crippen LogP contribution >= 0.6 is 15.6 Å². The average molecular weight is 1620 g/mol. The van der Waals surface area contributed by atoms with Crippen LogP contribution in [0.4, 0.5) is 0 Å². The van der Waals surface area contributed by atoms with E-state index in [-0.39, 0.29) is 25.7 Å². The molecule has 0 saturated carbocycles. The van der Waals surface area contributed by atoms with Gasteiger partial charge in [0.1, 0.15) is 19.3 Å². The zero-order valence-corrected chi connectivity index (χ0v) is 74.6. The summed E-state index contributed by atoms with van der Waals surface area (Å²) < 4.78 is 69.0. The summed E-state index contributed by atoms with van der Waals surface area (Å²) in [6, 6.07) is 0. The fraction of sp³-hybridized carbons (Fsp3) is 0.913. The molecule has 0 aromatic rings. The van der Waals surface area contributed by atoms with E-state index in [4.69, 9.17) is 37.0 Å². The fourth-order valence-corrected chi connectivity index (χ4v) is 15.5. The standard InChI is InChI=1S/C92H176O17P2/c1-7-10-12-14-16-18-20-22-31-40-46-52-58-64-70-76-91(96)108-87(80-102-89(94)74-68-62-56-50-44-36-21-19-17-15-13-11-8-2)82-106-110(98,99)104-78-86(93)79-105-111(100,101)107-83-88(81-103-90(95)75-69-63-57-51-45-39-34-29-25-23-27-32-37-42-48-54-60-66-72-84(4)5)109-92(97)77-71-65-59-53-47-41-35-30-26-24-28-33-38-43-49-55-61-67-73-85(6)9-3/h18,20,22,31,84-88,93H,7-17,19,21,23-30,32-83H2,1-6H3,(H,98,99)(H,100,101)/b20-18-,31-22-/t85?,86-,87+,88+/m0/s1. The van der Waals surface area contributed by atoms with Crippen LogP contribution in [-0.2, 0) is 65.4 Å². The van der Waals surface area contributed by atoms with Gasteiger partial charge in [-0.2, -0.15) is 0 Å². The number of esters is 4. The number of allylic oxidation sites excluding steroid dienone is 4. The van der Waals surface area contributed by atoms with E-state index >= 15 is 0 Å². The Kier molecular flexibility index (Phi) is 80.8. The molecule has 0 heterocycles. The minimum Gasteiger partial charge on any atom is -0.462 e. The van der Waals surface area contributed by atoms with Crippen molar-refractivity contribution >= 4 is 39.5 Å². The Morgan fingerprint density at radius 1 is 0.297 bits per heavy atom. The maximum absolute atomic E-state index is 13.2. The van der Waals surface area contributed by atoms with Gasteiger partial charge in [-0.25, -0.2) is 9.13 Å². The molecular weight excluding hydrogens is 1440 g/mol. The first-order valence-corrected chi connectivity index (χ1v) is 49.8. The molecule has 0 radical (unpaired) electrons. The van der Waals surface area contributed by atoms with Crippen LogP contribution in [-0.4, -0.2) is 96.7 Å². The number of rotatable bonds is 89. The number of unbranched alkanes of at least 4 members (excludes halogenated alkanes) is 55. The molecule has 0 aliphatic heterocycles. The quantitative estimate of drug-likeness (QED) is 0.0169. The first-order chi connectivity index (χ1) is 53.9. The number of carbonyl (C=O) groups excluding carboxylic acids is 4. The Labute approximate surface area is 682 Å². The van der Waals surface area contributed by atoms with Gasteiger partial charge in [-0.05, 0) is 63.2 Å². The topological polar surface area (TPSA) is 237 Å². The van der Waals surface area contributed by atoms with Gasteiger partial charge >= 0.3 is 39.5 Å². The molecule has 0 fully saturated rings. The summed E-state index contributed by atoms with van der Waals surface area (Å²) in [5, 5.41) is 10.7. The van der Waals surface area contributed by atoms with E-state index in [1.807, 2.05) is 0 Å². The second-order valence-corrected chi connectivity index (χ2v) is 36.0. The normalized spacial score (nSPS) is 14.1. The van der Waals surface area contributed by atoms with Crippen molar-refractivity contribution in [3.63, 3.8) is 0 Å². The molecule has 3 unspecified atom stereocenters. The number of aliphatic hydroxyl groups excluding tert-OH is 1. The van der Waals surface area contributed by atoms with Crippen molar-refractivity contribution in [1.29, 1.82) is 0 Å². The third kappa shape index (κ3) is 83.8. The highest BCUT2D eigenvalue weighted by Gasteiger charge is 2.31. The van der Waals surface area contributed by atoms with E-state index in [2.05, 4.69) is 65.8 Å². The Morgan fingerprint density at radius 3 is 0.811 bits per heavy atom. The number of hydrogen-bond donors (Lipinski definition) is 3. The summed E-state index contributed by atoms with van der Waals surface area (Å²) in [5.41, 5.74) is 0. The predicted molar refractivity (Wildman–Crippen MR) is 460 cm³/mol. The van der Waals surface area contributed by atoms with Crippen LogP contribution in [0.5, 0.6) is 0 Å². The molecule has 0 rings (SSSR count). The van der Waals surface area contributed by atoms with Crippen LogP contribution < -0.4 is 0 Å². The van der Waals surface area contributed by atoms with E-state index < -0.39 is 97.5 Å². The van der Waals surface area contributed by atoms with E-state index in [1.54, 1.807) is 0 Å². The smallest absolute Gasteiger partial charge is 0.462 e. The van der Waals surface area contributed by atoms with Crippen molar-refractivity contribution in [2.75, 3.05) is 39.6 Å². The molecule has 656 valence electrons. The summed E-state index contributed by atoms with van der Waals surface area (Å²) >= 11 is 0. The molecule has 6 atom stereocenters. The lowest BCUT2D eigenvalue weighted by atomic mass is 9.99. The second kappa shape index (κ2) is 82.6. The first kappa shape index (κ1) is 109. The predicted octanol–water partition coefficient (Wildman–Crippen LogP) is 28.1. The molecule has 0 amide bonds. The van der Waals surface area contributed by atoms with Gasteiger partial charge in [0.25, 0.3) is 0 Å². The highest BCUT2D eigenvalue weighted by Crippen LogP contribution is 2.45. The van der Waals surface area contributed by atoms with Crippen LogP contribution in [0.1, 0.15) is 472 Å². The Bertz CT molecular complexity index is 2210. The van der Waals surface area contributed by atoms with Gasteiger partial charge < -0.3 is 33.8 Å². The van der Waals surface area contributed by atoms with Crippen LogP contribution in [0.2, 0.25) is 0 Å². The summed E-state index contributed by atoms with van der Waals surface area (Å²) in [5.74, 6) is -0.432. The van der Waals surface area contributed by atoms with Gasteiger partial charge in [-0.3, -0.25) is 37.3 Å². The van der Waals surface area contributed by atoms with Gasteiger partial charge in [0.05, 0.1) is 26.4 Å².